The predicted molar refractivity (Wildman–Crippen MR) is 84.6 cm³/mol. The van der Waals surface area contributed by atoms with Gasteiger partial charge in [-0.2, -0.15) is 0 Å². The first-order valence-corrected chi connectivity index (χ1v) is 7.10. The molecule has 0 aromatic heterocycles. The van der Waals surface area contributed by atoms with Crippen LogP contribution in [0.2, 0.25) is 0 Å². The molecule has 1 aromatic rings. The number of carbonyl (C=O) groups is 2. The van der Waals surface area contributed by atoms with Gasteiger partial charge < -0.3 is 15.1 Å². The largest absolute Gasteiger partial charge is 0.344 e. The lowest BCUT2D eigenvalue weighted by Gasteiger charge is -2.17. The fourth-order valence-corrected chi connectivity index (χ4v) is 2.31. The quantitative estimate of drug-likeness (QED) is 0.812. The van der Waals surface area contributed by atoms with E-state index in [9.17, 15) is 9.59 Å². The summed E-state index contributed by atoms with van der Waals surface area (Å²) in [5.74, 6) is -0.0582. The maximum absolute atomic E-state index is 12.1. The normalized spacial score (nSPS) is 11.9. The molecule has 1 aromatic carbocycles. The summed E-state index contributed by atoms with van der Waals surface area (Å²) < 4.78 is 0. The highest BCUT2D eigenvalue weighted by Gasteiger charge is 2.16. The van der Waals surface area contributed by atoms with E-state index in [2.05, 4.69) is 17.4 Å². The van der Waals surface area contributed by atoms with Crippen molar-refractivity contribution in [3.05, 3.63) is 28.8 Å². The second-order valence-corrected chi connectivity index (χ2v) is 5.92. The molecule has 116 valence electrons. The highest BCUT2D eigenvalue weighted by Crippen LogP contribution is 2.21. The molecule has 0 radical (unpaired) electrons. The van der Waals surface area contributed by atoms with E-state index < -0.39 is 0 Å². The van der Waals surface area contributed by atoms with Crippen molar-refractivity contribution in [1.82, 2.24) is 4.90 Å². The summed E-state index contributed by atoms with van der Waals surface area (Å²) >= 11 is 0. The first kappa shape index (κ1) is 17.2. The topological polar surface area (TPSA) is 53.9 Å². The van der Waals surface area contributed by atoms with Crippen molar-refractivity contribution in [2.24, 2.45) is 0 Å². The highest BCUT2D eigenvalue weighted by molar-refractivity contribution is 5.93. The fourth-order valence-electron chi connectivity index (χ4n) is 2.31. The van der Waals surface area contributed by atoms with Gasteiger partial charge in [0, 0.05) is 19.8 Å². The third-order valence-electron chi connectivity index (χ3n) is 3.36. The summed E-state index contributed by atoms with van der Waals surface area (Å²) in [6.45, 7) is 6.60. The first-order chi connectivity index (χ1) is 9.70. The Hall–Kier alpha value is -1.88. The molecule has 0 aliphatic carbocycles. The van der Waals surface area contributed by atoms with Crippen LogP contribution in [0.15, 0.2) is 12.1 Å². The van der Waals surface area contributed by atoms with E-state index in [1.165, 1.54) is 10.5 Å². The Balaban J connectivity index is 2.64. The summed E-state index contributed by atoms with van der Waals surface area (Å²) in [5, 5.41) is 2.95. The van der Waals surface area contributed by atoms with Gasteiger partial charge in [0.15, 0.2) is 13.1 Å². The van der Waals surface area contributed by atoms with Crippen molar-refractivity contribution in [3.63, 3.8) is 0 Å². The number of nitrogens with one attached hydrogen (secondary N) is 2. The molecule has 1 unspecified atom stereocenters. The van der Waals surface area contributed by atoms with Crippen LogP contribution in [-0.4, -0.2) is 50.9 Å². The van der Waals surface area contributed by atoms with E-state index in [1.807, 2.05) is 27.8 Å². The minimum atomic E-state index is -0.0749. The third-order valence-corrected chi connectivity index (χ3v) is 3.36. The second kappa shape index (κ2) is 7.22. The Morgan fingerprint density at radius 3 is 2.10 bits per heavy atom. The van der Waals surface area contributed by atoms with Gasteiger partial charge in [0.2, 0.25) is 0 Å². The van der Waals surface area contributed by atoms with Crippen LogP contribution >= 0.6 is 0 Å². The molecule has 0 fully saturated rings. The standard InChI is InChI=1S/C16H25N3O2/c1-11-7-12(2)16(13(3)8-11)17-14(20)9-19(6)10-15(21)18(4)5/h7-8H,9-10H2,1-6H3,(H,17,20)/p+1. The maximum atomic E-state index is 12.1. The Bertz CT molecular complexity index is 515. The zero-order valence-corrected chi connectivity index (χ0v) is 13.8. The van der Waals surface area contributed by atoms with Gasteiger partial charge in [0.1, 0.15) is 0 Å². The van der Waals surface area contributed by atoms with Crippen molar-refractivity contribution in [2.45, 2.75) is 20.8 Å². The molecular weight excluding hydrogens is 266 g/mol. The number of hydrogen-bond donors (Lipinski definition) is 2. The average molecular weight is 292 g/mol. The first-order valence-electron chi connectivity index (χ1n) is 7.10. The van der Waals surface area contributed by atoms with E-state index >= 15 is 0 Å². The fraction of sp³-hybridized carbons (Fsp3) is 0.500. The molecule has 21 heavy (non-hydrogen) atoms. The minimum absolute atomic E-state index is 0.0167. The molecule has 0 bridgehead atoms. The van der Waals surface area contributed by atoms with Crippen molar-refractivity contribution in [3.8, 4) is 0 Å². The van der Waals surface area contributed by atoms with E-state index in [0.717, 1.165) is 21.7 Å². The van der Waals surface area contributed by atoms with Crippen LogP contribution in [0.1, 0.15) is 16.7 Å². The smallest absolute Gasteiger partial charge is 0.279 e. The van der Waals surface area contributed by atoms with Crippen molar-refractivity contribution >= 4 is 17.5 Å². The SMILES string of the molecule is Cc1cc(C)c(NC(=O)C[NH+](C)CC(=O)N(C)C)c(C)c1. The lowest BCUT2D eigenvalue weighted by atomic mass is 10.1. The summed E-state index contributed by atoms with van der Waals surface area (Å²) in [4.78, 5) is 26.1. The van der Waals surface area contributed by atoms with Crippen LogP contribution in [0.25, 0.3) is 0 Å². The van der Waals surface area contributed by atoms with Gasteiger partial charge in [0.05, 0.1) is 7.05 Å². The monoisotopic (exact) mass is 292 g/mol. The third kappa shape index (κ3) is 5.19. The summed E-state index contributed by atoms with van der Waals surface area (Å²) in [6.07, 6.45) is 0. The summed E-state index contributed by atoms with van der Waals surface area (Å²) in [6, 6.07) is 4.10. The number of amides is 2. The average Bonchev–Trinajstić information content (AvgIpc) is 2.33. The van der Waals surface area contributed by atoms with Gasteiger partial charge in [-0.25, -0.2) is 0 Å². The number of hydrogen-bond acceptors (Lipinski definition) is 2. The van der Waals surface area contributed by atoms with Crippen molar-refractivity contribution in [1.29, 1.82) is 0 Å². The molecule has 2 amide bonds. The summed E-state index contributed by atoms with van der Waals surface area (Å²) in [7, 11) is 5.28. The number of benzene rings is 1. The van der Waals surface area contributed by atoms with Gasteiger partial charge in [-0.3, -0.25) is 9.59 Å². The van der Waals surface area contributed by atoms with Gasteiger partial charge in [0.25, 0.3) is 11.8 Å². The van der Waals surface area contributed by atoms with Crippen molar-refractivity contribution < 1.29 is 14.5 Å². The van der Waals surface area contributed by atoms with Crippen LogP contribution in [0.5, 0.6) is 0 Å². The van der Waals surface area contributed by atoms with Gasteiger partial charge >= 0.3 is 0 Å². The van der Waals surface area contributed by atoms with E-state index in [0.29, 0.717) is 6.54 Å². The van der Waals surface area contributed by atoms with Gasteiger partial charge in [-0.05, 0) is 31.9 Å². The molecule has 0 saturated heterocycles. The highest BCUT2D eigenvalue weighted by atomic mass is 16.2. The number of nitrogens with zero attached hydrogens (tertiary/aromatic N) is 1. The number of carbonyl (C=O) groups excluding carboxylic acids is 2. The van der Waals surface area contributed by atoms with Gasteiger partial charge in [-0.1, -0.05) is 17.7 Å². The second-order valence-electron chi connectivity index (χ2n) is 5.92. The van der Waals surface area contributed by atoms with Crippen LogP contribution in [0.4, 0.5) is 5.69 Å². The van der Waals surface area contributed by atoms with E-state index in [1.54, 1.807) is 14.1 Å². The lowest BCUT2D eigenvalue weighted by molar-refractivity contribution is -0.862. The minimum Gasteiger partial charge on any atom is -0.344 e. The number of quaternary nitrogens is 1. The predicted octanol–water partition coefficient (Wildman–Crippen LogP) is 0.153. The summed E-state index contributed by atoms with van der Waals surface area (Å²) in [5.41, 5.74) is 4.17. The molecule has 0 heterocycles. The Morgan fingerprint density at radius 2 is 1.62 bits per heavy atom. The van der Waals surface area contributed by atoms with Crippen LogP contribution in [-0.2, 0) is 9.59 Å². The Labute approximate surface area is 126 Å². The molecule has 2 N–H and O–H groups in total. The lowest BCUT2D eigenvalue weighted by Crippen LogP contribution is -3.11. The zero-order chi connectivity index (χ0) is 16.2. The molecule has 1 atom stereocenters. The zero-order valence-electron chi connectivity index (χ0n) is 13.8. The maximum Gasteiger partial charge on any atom is 0.279 e. The molecule has 0 aliphatic heterocycles. The van der Waals surface area contributed by atoms with E-state index in [-0.39, 0.29) is 18.4 Å². The van der Waals surface area contributed by atoms with E-state index in [4.69, 9.17) is 0 Å². The molecule has 5 nitrogen and oxygen atoms in total. The van der Waals surface area contributed by atoms with Crippen LogP contribution in [0.3, 0.4) is 0 Å². The molecule has 0 aliphatic rings. The van der Waals surface area contributed by atoms with Crippen molar-refractivity contribution in [2.75, 3.05) is 39.5 Å². The number of rotatable bonds is 5. The Kier molecular flexibility index (Phi) is 5.90. The van der Waals surface area contributed by atoms with Crippen LogP contribution < -0.4 is 10.2 Å². The molecule has 1 rings (SSSR count). The molecule has 0 spiro atoms. The number of aryl methyl sites for hydroxylation is 3. The van der Waals surface area contributed by atoms with Crippen LogP contribution in [0, 0.1) is 20.8 Å². The number of likely N-dealkylation sites (N-methyl/N-ethyl adjacent to an activating group) is 2. The molecular formula is C16H26N3O2+. The molecule has 0 saturated carbocycles. The van der Waals surface area contributed by atoms with Gasteiger partial charge in [-0.15, -0.1) is 0 Å². The number of anilines is 1. The molecule has 5 heteroatoms. The Morgan fingerprint density at radius 1 is 1.10 bits per heavy atom.